The maximum absolute atomic E-state index is 10.7. The molecule has 0 aromatic heterocycles. The number of benzene rings is 1. The van der Waals surface area contributed by atoms with E-state index in [4.69, 9.17) is 10.5 Å². The molecule has 1 aromatic rings. The summed E-state index contributed by atoms with van der Waals surface area (Å²) in [6.45, 7) is 1.75. The third-order valence-corrected chi connectivity index (χ3v) is 2.14. The zero-order valence-corrected chi connectivity index (χ0v) is 7.74. The summed E-state index contributed by atoms with van der Waals surface area (Å²) >= 11 is 0. The quantitative estimate of drug-likeness (QED) is 0.657. The van der Waals surface area contributed by atoms with Gasteiger partial charge in [-0.3, -0.25) is 4.79 Å². The Morgan fingerprint density at radius 3 is 2.64 bits per heavy atom. The SMILES string of the molecule is Cc1c(C#N)ccc(C=O)c1CC#N. The number of hydrogen-bond donors (Lipinski definition) is 0. The molecule has 1 rings (SSSR count). The summed E-state index contributed by atoms with van der Waals surface area (Å²) in [7, 11) is 0. The summed E-state index contributed by atoms with van der Waals surface area (Å²) in [6.07, 6.45) is 0.871. The first-order valence-corrected chi connectivity index (χ1v) is 4.09. The molecule has 0 fully saturated rings. The Balaban J connectivity index is 3.41. The van der Waals surface area contributed by atoms with Crippen LogP contribution in [0.25, 0.3) is 0 Å². The van der Waals surface area contributed by atoms with E-state index in [1.807, 2.05) is 12.1 Å². The number of rotatable bonds is 2. The molecule has 0 N–H and O–H groups in total. The highest BCUT2D eigenvalue weighted by Gasteiger charge is 2.08. The van der Waals surface area contributed by atoms with Gasteiger partial charge >= 0.3 is 0 Å². The first-order chi connectivity index (χ1) is 6.74. The van der Waals surface area contributed by atoms with Crippen LogP contribution in [-0.4, -0.2) is 6.29 Å². The van der Waals surface area contributed by atoms with Crippen molar-refractivity contribution in [3.8, 4) is 12.1 Å². The Labute approximate surface area is 82.2 Å². The Kier molecular flexibility index (Phi) is 2.99. The van der Waals surface area contributed by atoms with Gasteiger partial charge in [-0.2, -0.15) is 10.5 Å². The zero-order chi connectivity index (χ0) is 10.6. The minimum absolute atomic E-state index is 0.162. The lowest BCUT2D eigenvalue weighted by molar-refractivity contribution is 0.112. The molecule has 0 amide bonds. The largest absolute Gasteiger partial charge is 0.298 e. The van der Waals surface area contributed by atoms with Crippen LogP contribution in [0.5, 0.6) is 0 Å². The molecule has 3 nitrogen and oxygen atoms in total. The molecule has 3 heteroatoms. The molecule has 68 valence electrons. The maximum atomic E-state index is 10.7. The molecule has 1 aromatic carbocycles. The van der Waals surface area contributed by atoms with Gasteiger partial charge in [-0.15, -0.1) is 0 Å². The second kappa shape index (κ2) is 4.20. The number of carbonyl (C=O) groups is 1. The molecule has 0 bridgehead atoms. The number of aldehydes is 1. The van der Waals surface area contributed by atoms with Gasteiger partial charge in [0, 0.05) is 5.56 Å². The molecule has 0 radical (unpaired) electrons. The molecule has 0 aliphatic carbocycles. The summed E-state index contributed by atoms with van der Waals surface area (Å²) in [5.74, 6) is 0. The lowest BCUT2D eigenvalue weighted by Crippen LogP contribution is -1.98. The van der Waals surface area contributed by atoms with Crippen molar-refractivity contribution in [1.29, 1.82) is 10.5 Å². The standard InChI is InChI=1S/C11H8N2O/c1-8-9(6-13)2-3-10(7-14)11(8)4-5-12/h2-3,7H,4H2,1H3. The van der Waals surface area contributed by atoms with Crippen molar-refractivity contribution < 1.29 is 4.79 Å². The molecule has 0 heterocycles. The van der Waals surface area contributed by atoms with Gasteiger partial charge in [-0.25, -0.2) is 0 Å². The fourth-order valence-corrected chi connectivity index (χ4v) is 1.32. The van der Waals surface area contributed by atoms with Crippen molar-refractivity contribution in [2.75, 3.05) is 0 Å². The van der Waals surface area contributed by atoms with Crippen molar-refractivity contribution in [3.63, 3.8) is 0 Å². The molecule has 0 unspecified atom stereocenters. The smallest absolute Gasteiger partial charge is 0.150 e. The van der Waals surface area contributed by atoms with Gasteiger partial charge in [0.15, 0.2) is 0 Å². The highest BCUT2D eigenvalue weighted by Crippen LogP contribution is 2.17. The van der Waals surface area contributed by atoms with E-state index in [1.54, 1.807) is 19.1 Å². The van der Waals surface area contributed by atoms with E-state index >= 15 is 0 Å². The third-order valence-electron chi connectivity index (χ3n) is 2.14. The van der Waals surface area contributed by atoms with Crippen LogP contribution < -0.4 is 0 Å². The number of carbonyl (C=O) groups excluding carboxylic acids is 1. The van der Waals surface area contributed by atoms with Gasteiger partial charge in [0.2, 0.25) is 0 Å². The van der Waals surface area contributed by atoms with Crippen molar-refractivity contribution in [1.82, 2.24) is 0 Å². The highest BCUT2D eigenvalue weighted by molar-refractivity contribution is 5.79. The second-order valence-corrected chi connectivity index (χ2v) is 2.87. The van der Waals surface area contributed by atoms with E-state index in [0.717, 1.165) is 5.56 Å². The average molecular weight is 184 g/mol. The van der Waals surface area contributed by atoms with Gasteiger partial charge in [0.1, 0.15) is 6.29 Å². The van der Waals surface area contributed by atoms with Crippen molar-refractivity contribution in [2.45, 2.75) is 13.3 Å². The molecular weight excluding hydrogens is 176 g/mol. The van der Waals surface area contributed by atoms with Crippen LogP contribution in [0, 0.1) is 29.6 Å². The van der Waals surface area contributed by atoms with E-state index in [1.165, 1.54) is 0 Å². The molecule has 14 heavy (non-hydrogen) atoms. The number of nitriles is 2. The monoisotopic (exact) mass is 184 g/mol. The van der Waals surface area contributed by atoms with Crippen LogP contribution in [0.3, 0.4) is 0 Å². The second-order valence-electron chi connectivity index (χ2n) is 2.87. The van der Waals surface area contributed by atoms with Gasteiger partial charge in [0.25, 0.3) is 0 Å². The molecule has 0 spiro atoms. The van der Waals surface area contributed by atoms with Crippen LogP contribution >= 0.6 is 0 Å². The predicted octanol–water partition coefficient (Wildman–Crippen LogP) is 1.75. The summed E-state index contributed by atoms with van der Waals surface area (Å²) in [6, 6.07) is 7.17. The molecular formula is C11H8N2O. The predicted molar refractivity (Wildman–Crippen MR) is 50.6 cm³/mol. The topological polar surface area (TPSA) is 64.7 Å². The Morgan fingerprint density at radius 1 is 1.43 bits per heavy atom. The number of nitrogens with zero attached hydrogens (tertiary/aromatic N) is 2. The summed E-state index contributed by atoms with van der Waals surface area (Å²) in [4.78, 5) is 10.7. The molecule has 0 saturated heterocycles. The summed E-state index contributed by atoms with van der Waals surface area (Å²) < 4.78 is 0. The zero-order valence-electron chi connectivity index (χ0n) is 7.74. The normalized spacial score (nSPS) is 8.79. The van der Waals surface area contributed by atoms with E-state index < -0.39 is 0 Å². The first kappa shape index (κ1) is 9.95. The van der Waals surface area contributed by atoms with Gasteiger partial charge in [-0.1, -0.05) is 6.07 Å². The fourth-order valence-electron chi connectivity index (χ4n) is 1.32. The van der Waals surface area contributed by atoms with Crippen LogP contribution in [0.15, 0.2) is 12.1 Å². The summed E-state index contributed by atoms with van der Waals surface area (Å²) in [5.41, 5.74) is 2.38. The Bertz CT molecular complexity index is 450. The Hall–Kier alpha value is -2.13. The number of hydrogen-bond acceptors (Lipinski definition) is 3. The van der Waals surface area contributed by atoms with Crippen molar-refractivity contribution in [3.05, 3.63) is 34.4 Å². The molecule has 0 saturated carbocycles. The van der Waals surface area contributed by atoms with E-state index in [9.17, 15) is 4.79 Å². The van der Waals surface area contributed by atoms with Crippen LogP contribution in [0.1, 0.15) is 27.0 Å². The van der Waals surface area contributed by atoms with Crippen LogP contribution in [0.4, 0.5) is 0 Å². The lowest BCUT2D eigenvalue weighted by Gasteiger charge is -2.05. The minimum Gasteiger partial charge on any atom is -0.298 e. The molecule has 0 aliphatic rings. The van der Waals surface area contributed by atoms with E-state index in [2.05, 4.69) is 0 Å². The summed E-state index contributed by atoms with van der Waals surface area (Å²) in [5, 5.41) is 17.3. The van der Waals surface area contributed by atoms with Gasteiger partial charge in [-0.05, 0) is 24.1 Å². The molecule has 0 atom stereocenters. The molecule has 0 aliphatic heterocycles. The first-order valence-electron chi connectivity index (χ1n) is 4.09. The van der Waals surface area contributed by atoms with Crippen molar-refractivity contribution >= 4 is 6.29 Å². The average Bonchev–Trinajstić information content (AvgIpc) is 2.21. The van der Waals surface area contributed by atoms with Gasteiger partial charge < -0.3 is 0 Å². The van der Waals surface area contributed by atoms with Crippen LogP contribution in [0.2, 0.25) is 0 Å². The Morgan fingerprint density at radius 2 is 2.14 bits per heavy atom. The maximum Gasteiger partial charge on any atom is 0.150 e. The highest BCUT2D eigenvalue weighted by atomic mass is 16.1. The lowest BCUT2D eigenvalue weighted by atomic mass is 9.96. The van der Waals surface area contributed by atoms with Crippen molar-refractivity contribution in [2.24, 2.45) is 0 Å². The van der Waals surface area contributed by atoms with Gasteiger partial charge in [0.05, 0.1) is 24.1 Å². The minimum atomic E-state index is 0.162. The third kappa shape index (κ3) is 1.62. The van der Waals surface area contributed by atoms with Crippen LogP contribution in [-0.2, 0) is 6.42 Å². The fraction of sp³-hybridized carbons (Fsp3) is 0.182. The van der Waals surface area contributed by atoms with E-state index in [0.29, 0.717) is 23.0 Å². The van der Waals surface area contributed by atoms with E-state index in [-0.39, 0.29) is 6.42 Å².